The Bertz CT molecular complexity index is 653. The Morgan fingerprint density at radius 3 is 1.42 bits per heavy atom. The summed E-state index contributed by atoms with van der Waals surface area (Å²) in [5.74, 6) is 0.00968. The number of amides is 1. The molecule has 0 aromatic rings. The van der Waals surface area contributed by atoms with E-state index in [4.69, 9.17) is 21.6 Å². The summed E-state index contributed by atoms with van der Waals surface area (Å²) >= 11 is 0. The van der Waals surface area contributed by atoms with Gasteiger partial charge >= 0.3 is 8.56 Å². The Morgan fingerprint density at radius 2 is 1.05 bits per heavy atom. The maximum Gasteiger partial charge on any atom is 0.314 e. The van der Waals surface area contributed by atoms with E-state index in [0.717, 1.165) is 36.6 Å². The summed E-state index contributed by atoms with van der Waals surface area (Å²) in [6.45, 7) is 30.8. The molecule has 0 aromatic carbocycles. The van der Waals surface area contributed by atoms with Gasteiger partial charge in [0.05, 0.1) is 0 Å². The fraction of sp³-hybridized carbons (Fsp3) is 0.958. The van der Waals surface area contributed by atoms with E-state index in [2.05, 4.69) is 90.4 Å². The highest BCUT2D eigenvalue weighted by atomic mass is 28.5. The van der Waals surface area contributed by atoms with Gasteiger partial charge in [-0.3, -0.25) is 4.79 Å². The lowest BCUT2D eigenvalue weighted by atomic mass is 10.3. The fourth-order valence-electron chi connectivity index (χ4n) is 4.96. The third-order valence-electron chi connectivity index (χ3n) is 6.44. The molecule has 14 heteroatoms. The third kappa shape index (κ3) is 19.8. The molecule has 0 radical (unpaired) electrons. The first-order chi connectivity index (χ1) is 17.1. The molecule has 0 fully saturated rings. The standard InChI is InChI=1S/C24H63NO6Si7/c1-32(2)28-34(5,6)20-22-36(9,10)30-38(13,19-15-17-25-24(27)16-14-18-26)31-37(11,12)23-21-35(7,8)29-33(3)4/h26,32-33H,14-23H2,1-13H3,(H,25,27). The van der Waals surface area contributed by atoms with Crippen LogP contribution in [0.4, 0.5) is 0 Å². The first-order valence-electron chi connectivity index (χ1n) is 14.8. The highest BCUT2D eigenvalue weighted by molar-refractivity contribution is 6.89. The van der Waals surface area contributed by atoms with E-state index >= 15 is 0 Å². The maximum absolute atomic E-state index is 12.0. The van der Waals surface area contributed by atoms with E-state index < -0.39 is 59.9 Å². The molecule has 0 saturated heterocycles. The van der Waals surface area contributed by atoms with Crippen molar-refractivity contribution in [2.45, 2.75) is 135 Å². The lowest BCUT2D eigenvalue weighted by Gasteiger charge is -2.42. The zero-order valence-corrected chi connectivity index (χ0v) is 34.5. The molecule has 7 nitrogen and oxygen atoms in total. The topological polar surface area (TPSA) is 86.3 Å². The Morgan fingerprint density at radius 1 is 0.658 bits per heavy atom. The van der Waals surface area contributed by atoms with Gasteiger partial charge < -0.3 is 26.9 Å². The molecule has 0 aromatic heterocycles. The van der Waals surface area contributed by atoms with Gasteiger partial charge in [-0.1, -0.05) is 0 Å². The van der Waals surface area contributed by atoms with E-state index in [0.29, 0.717) is 19.4 Å². The summed E-state index contributed by atoms with van der Waals surface area (Å²) in [5.41, 5.74) is 0. The summed E-state index contributed by atoms with van der Waals surface area (Å²) in [4.78, 5) is 12.0. The minimum atomic E-state index is -2.48. The second-order valence-corrected chi connectivity index (χ2v) is 40.5. The number of rotatable bonds is 21. The third-order valence-corrected chi connectivity index (χ3v) is 31.3. The molecule has 0 spiro atoms. The summed E-state index contributed by atoms with van der Waals surface area (Å²) in [7, 11) is -11.9. The largest absolute Gasteiger partial charge is 0.458 e. The van der Waals surface area contributed by atoms with Gasteiger partial charge in [-0.05, 0) is 128 Å². The molecule has 2 N–H and O–H groups in total. The van der Waals surface area contributed by atoms with Crippen LogP contribution in [0.25, 0.3) is 0 Å². The number of nitrogens with one attached hydrogen (secondary N) is 1. The van der Waals surface area contributed by atoms with E-state index in [1.807, 2.05) is 0 Å². The van der Waals surface area contributed by atoms with Crippen LogP contribution in [0.2, 0.25) is 115 Å². The SMILES string of the molecule is C[SiH](C)O[Si](C)(C)CC[Si](C)(C)O[Si](C)(CCCNC(=O)CCCO)O[Si](C)(C)CC[Si](C)(C)O[SiH](C)C. The Labute approximate surface area is 244 Å². The van der Waals surface area contributed by atoms with Crippen LogP contribution < -0.4 is 5.32 Å². The summed E-state index contributed by atoms with van der Waals surface area (Å²) in [6.07, 6.45) is 1.74. The van der Waals surface area contributed by atoms with E-state index in [-0.39, 0.29) is 12.5 Å². The maximum atomic E-state index is 12.0. The smallest absolute Gasteiger partial charge is 0.314 e. The van der Waals surface area contributed by atoms with Crippen molar-refractivity contribution in [3.05, 3.63) is 0 Å². The Kier molecular flexibility index (Phi) is 17.4. The van der Waals surface area contributed by atoms with Crippen molar-refractivity contribution < 1.29 is 26.4 Å². The normalized spacial score (nSPS) is 14.0. The number of hydrogen-bond acceptors (Lipinski definition) is 6. The van der Waals surface area contributed by atoms with Crippen LogP contribution >= 0.6 is 0 Å². The first kappa shape index (κ1) is 38.8. The number of carbonyl (C=O) groups excluding carboxylic acids is 1. The molecule has 0 atom stereocenters. The van der Waals surface area contributed by atoms with Crippen LogP contribution in [-0.4, -0.2) is 84.1 Å². The molecule has 0 rings (SSSR count). The molecule has 0 aliphatic heterocycles. The average Bonchev–Trinajstić information content (AvgIpc) is 2.70. The molecule has 0 heterocycles. The lowest BCUT2D eigenvalue weighted by molar-refractivity contribution is -0.121. The number of carbonyl (C=O) groups is 1. The van der Waals surface area contributed by atoms with Gasteiger partial charge in [0.25, 0.3) is 0 Å². The second-order valence-electron chi connectivity index (χ2n) is 14.0. The molecule has 38 heavy (non-hydrogen) atoms. The number of hydrogen-bond donors (Lipinski definition) is 2. The van der Waals surface area contributed by atoms with E-state index in [9.17, 15) is 4.79 Å². The average molecular weight is 658 g/mol. The van der Waals surface area contributed by atoms with Gasteiger partial charge in [-0.25, -0.2) is 0 Å². The highest BCUT2D eigenvalue weighted by Gasteiger charge is 2.44. The van der Waals surface area contributed by atoms with Gasteiger partial charge in [0.1, 0.15) is 0 Å². The number of aliphatic hydroxyl groups excluding tert-OH is 1. The Hall–Kier alpha value is 0.788. The van der Waals surface area contributed by atoms with Crippen molar-refractivity contribution in [2.24, 2.45) is 0 Å². The van der Waals surface area contributed by atoms with Crippen molar-refractivity contribution >= 4 is 65.8 Å². The minimum absolute atomic E-state index is 0.00968. The van der Waals surface area contributed by atoms with E-state index in [1.165, 1.54) is 0 Å². The van der Waals surface area contributed by atoms with E-state index in [1.54, 1.807) is 0 Å². The van der Waals surface area contributed by atoms with Gasteiger partial charge in [-0.2, -0.15) is 0 Å². The van der Waals surface area contributed by atoms with Crippen LogP contribution in [0.5, 0.6) is 0 Å². The van der Waals surface area contributed by atoms with Crippen LogP contribution in [-0.2, 0) is 21.3 Å². The van der Waals surface area contributed by atoms with Crippen molar-refractivity contribution in [3.63, 3.8) is 0 Å². The summed E-state index contributed by atoms with van der Waals surface area (Å²) in [5, 5.41) is 12.0. The van der Waals surface area contributed by atoms with Crippen molar-refractivity contribution in [1.29, 1.82) is 0 Å². The zero-order valence-electron chi connectivity index (χ0n) is 27.2. The highest BCUT2D eigenvalue weighted by Crippen LogP contribution is 2.32. The molecular formula is C24H63NO6Si7. The monoisotopic (exact) mass is 657 g/mol. The van der Waals surface area contributed by atoms with Gasteiger partial charge in [0.2, 0.25) is 5.91 Å². The summed E-state index contributed by atoms with van der Waals surface area (Å²) < 4.78 is 27.1. The molecule has 0 saturated carbocycles. The van der Waals surface area contributed by atoms with Gasteiger partial charge in [0.15, 0.2) is 51.4 Å². The van der Waals surface area contributed by atoms with Crippen LogP contribution in [0.15, 0.2) is 0 Å². The van der Waals surface area contributed by atoms with Gasteiger partial charge in [0, 0.05) is 19.6 Å². The Balaban J connectivity index is 5.45. The second kappa shape index (κ2) is 17.0. The van der Waals surface area contributed by atoms with Crippen molar-refractivity contribution in [3.8, 4) is 0 Å². The molecule has 0 aliphatic rings. The first-order valence-corrected chi connectivity index (χ1v) is 35.3. The predicted octanol–water partition coefficient (Wildman–Crippen LogP) is 6.19. The minimum Gasteiger partial charge on any atom is -0.458 e. The predicted molar refractivity (Wildman–Crippen MR) is 182 cm³/mol. The van der Waals surface area contributed by atoms with Crippen LogP contribution in [0.3, 0.4) is 0 Å². The molecule has 1 amide bonds. The van der Waals surface area contributed by atoms with Gasteiger partial charge in [-0.15, -0.1) is 0 Å². The quantitative estimate of drug-likeness (QED) is 0.113. The fourth-order valence-corrected chi connectivity index (χ4v) is 38.1. The van der Waals surface area contributed by atoms with Crippen LogP contribution in [0.1, 0.15) is 19.3 Å². The van der Waals surface area contributed by atoms with Crippen molar-refractivity contribution in [1.82, 2.24) is 5.32 Å². The zero-order chi connectivity index (χ0) is 29.8. The summed E-state index contributed by atoms with van der Waals surface area (Å²) in [6, 6.07) is 5.37. The van der Waals surface area contributed by atoms with Crippen LogP contribution in [0, 0.1) is 0 Å². The number of aliphatic hydroxyl groups is 1. The molecule has 0 unspecified atom stereocenters. The molecule has 0 aliphatic carbocycles. The molecule has 228 valence electrons. The molecule has 0 bridgehead atoms. The van der Waals surface area contributed by atoms with Crippen molar-refractivity contribution in [2.75, 3.05) is 13.2 Å². The molecular weight excluding hydrogens is 595 g/mol. The lowest BCUT2D eigenvalue weighted by Crippen LogP contribution is -2.55.